The van der Waals surface area contributed by atoms with Crippen molar-refractivity contribution in [3.05, 3.63) is 70.7 Å². The summed E-state index contributed by atoms with van der Waals surface area (Å²) in [5, 5.41) is 9.68. The van der Waals surface area contributed by atoms with E-state index in [1.165, 1.54) is 5.56 Å². The molecule has 3 rings (SSSR count). The smallest absolute Gasteiger partial charge is 0.314 e. The number of benzene rings is 2. The van der Waals surface area contributed by atoms with E-state index in [-0.39, 0.29) is 11.9 Å². The quantitative estimate of drug-likeness (QED) is 0.541. The number of amides is 3. The van der Waals surface area contributed by atoms with Crippen LogP contribution < -0.4 is 16.0 Å². The topological polar surface area (TPSA) is 70.2 Å². The van der Waals surface area contributed by atoms with Gasteiger partial charge < -0.3 is 16.0 Å². The van der Waals surface area contributed by atoms with Crippen LogP contribution in [-0.4, -0.2) is 31.6 Å². The minimum absolute atomic E-state index is 0.0540. The molecule has 1 fully saturated rings. The molecule has 31 heavy (non-hydrogen) atoms. The van der Waals surface area contributed by atoms with Gasteiger partial charge in [-0.3, -0.25) is 4.79 Å². The van der Waals surface area contributed by atoms with Gasteiger partial charge in [0.1, 0.15) is 0 Å². The zero-order valence-electron chi connectivity index (χ0n) is 17.9. The predicted molar refractivity (Wildman–Crippen MR) is 125 cm³/mol. The third kappa shape index (κ3) is 8.62. The molecule has 0 aromatic heterocycles. The summed E-state index contributed by atoms with van der Waals surface area (Å²) >= 11 is 5.88. The second-order valence-corrected chi connectivity index (χ2v) is 8.80. The molecule has 0 spiro atoms. The van der Waals surface area contributed by atoms with Crippen molar-refractivity contribution in [1.82, 2.24) is 16.0 Å². The molecule has 3 amide bonds. The monoisotopic (exact) mass is 441 g/mol. The Labute approximate surface area is 190 Å². The number of carbonyl (C=O) groups is 2. The fraction of sp³-hybridized carbons (Fsp3) is 0.440. The van der Waals surface area contributed by atoms with Crippen LogP contribution in [0.25, 0.3) is 0 Å². The molecule has 166 valence electrons. The van der Waals surface area contributed by atoms with Gasteiger partial charge in [0.2, 0.25) is 5.91 Å². The highest BCUT2D eigenvalue weighted by molar-refractivity contribution is 6.30. The predicted octanol–water partition coefficient (Wildman–Crippen LogP) is 4.35. The van der Waals surface area contributed by atoms with E-state index in [0.29, 0.717) is 36.4 Å². The summed E-state index contributed by atoms with van der Waals surface area (Å²) < 4.78 is 0. The highest BCUT2D eigenvalue weighted by atomic mass is 35.5. The van der Waals surface area contributed by atoms with Crippen LogP contribution in [0, 0.1) is 11.8 Å². The first-order valence-electron chi connectivity index (χ1n) is 11.2. The number of hydrogen-bond donors (Lipinski definition) is 3. The molecule has 0 unspecified atom stereocenters. The van der Waals surface area contributed by atoms with E-state index < -0.39 is 0 Å². The van der Waals surface area contributed by atoms with Gasteiger partial charge in [0, 0.05) is 24.7 Å². The van der Waals surface area contributed by atoms with E-state index in [1.807, 2.05) is 42.5 Å². The summed E-state index contributed by atoms with van der Waals surface area (Å²) in [6.07, 6.45) is 5.56. The van der Waals surface area contributed by atoms with Gasteiger partial charge >= 0.3 is 6.03 Å². The van der Waals surface area contributed by atoms with Crippen molar-refractivity contribution < 1.29 is 9.59 Å². The molecular formula is C25H32ClN3O2. The minimum Gasteiger partial charge on any atom is -0.356 e. The van der Waals surface area contributed by atoms with Crippen molar-refractivity contribution in [3.63, 3.8) is 0 Å². The van der Waals surface area contributed by atoms with Crippen molar-refractivity contribution in [2.75, 3.05) is 19.6 Å². The average molecular weight is 442 g/mol. The molecule has 1 saturated carbocycles. The third-order valence-corrected chi connectivity index (χ3v) is 6.18. The molecule has 0 bridgehead atoms. The molecule has 0 aliphatic heterocycles. The summed E-state index contributed by atoms with van der Waals surface area (Å²) in [5.41, 5.74) is 2.19. The maximum Gasteiger partial charge on any atom is 0.314 e. The maximum absolute atomic E-state index is 12.2. The molecule has 0 radical (unpaired) electrons. The Morgan fingerprint density at radius 3 is 2.03 bits per heavy atom. The van der Waals surface area contributed by atoms with E-state index in [9.17, 15) is 9.59 Å². The normalized spacial score (nSPS) is 18.2. The first-order valence-corrected chi connectivity index (χ1v) is 11.5. The van der Waals surface area contributed by atoms with Gasteiger partial charge in [0.25, 0.3) is 0 Å². The largest absolute Gasteiger partial charge is 0.356 e. The van der Waals surface area contributed by atoms with Gasteiger partial charge in [-0.1, -0.05) is 54.1 Å². The summed E-state index contributed by atoms with van der Waals surface area (Å²) in [5.74, 6) is 1.09. The lowest BCUT2D eigenvalue weighted by Crippen LogP contribution is -2.40. The minimum atomic E-state index is -0.0903. The molecule has 0 saturated heterocycles. The Bertz CT molecular complexity index is 818. The van der Waals surface area contributed by atoms with E-state index in [1.54, 1.807) is 0 Å². The Balaban J connectivity index is 1.24. The number of hydrogen-bond acceptors (Lipinski definition) is 2. The van der Waals surface area contributed by atoms with E-state index in [2.05, 4.69) is 28.1 Å². The molecule has 2 aromatic carbocycles. The van der Waals surface area contributed by atoms with Gasteiger partial charge in [-0.15, -0.1) is 0 Å². The van der Waals surface area contributed by atoms with Crippen molar-refractivity contribution in [2.24, 2.45) is 11.8 Å². The summed E-state index contributed by atoms with van der Waals surface area (Å²) in [6, 6.07) is 17.5. The SMILES string of the molecule is O=C(Cc1ccc(Cl)cc1)NCC1CCC(CNC(=O)NCCc2ccccc2)CC1. The molecule has 1 aliphatic rings. The Morgan fingerprint density at radius 1 is 0.774 bits per heavy atom. The lowest BCUT2D eigenvalue weighted by atomic mass is 9.82. The number of carbonyl (C=O) groups excluding carboxylic acids is 2. The van der Waals surface area contributed by atoms with Crippen LogP contribution in [0.15, 0.2) is 54.6 Å². The molecule has 1 aliphatic carbocycles. The summed E-state index contributed by atoms with van der Waals surface area (Å²) in [6.45, 7) is 2.08. The first kappa shape index (κ1) is 23.1. The van der Waals surface area contributed by atoms with E-state index in [0.717, 1.165) is 44.2 Å². The van der Waals surface area contributed by atoms with Crippen LogP contribution in [0.5, 0.6) is 0 Å². The average Bonchev–Trinajstić information content (AvgIpc) is 2.79. The molecule has 0 heterocycles. The fourth-order valence-electron chi connectivity index (χ4n) is 4.01. The lowest BCUT2D eigenvalue weighted by molar-refractivity contribution is -0.120. The third-order valence-electron chi connectivity index (χ3n) is 5.93. The van der Waals surface area contributed by atoms with E-state index >= 15 is 0 Å². The van der Waals surface area contributed by atoms with Crippen molar-refractivity contribution in [3.8, 4) is 0 Å². The Morgan fingerprint density at radius 2 is 1.39 bits per heavy atom. The summed E-state index contributed by atoms with van der Waals surface area (Å²) in [4.78, 5) is 24.2. The zero-order chi connectivity index (χ0) is 21.9. The van der Waals surface area contributed by atoms with Crippen molar-refractivity contribution >= 4 is 23.5 Å². The highest BCUT2D eigenvalue weighted by Crippen LogP contribution is 2.27. The lowest BCUT2D eigenvalue weighted by Gasteiger charge is -2.28. The Kier molecular flexibility index (Phi) is 9.22. The molecule has 3 N–H and O–H groups in total. The molecule has 0 atom stereocenters. The Hall–Kier alpha value is -2.53. The zero-order valence-corrected chi connectivity index (χ0v) is 18.7. The standard InChI is InChI=1S/C25H32ClN3O2/c26-23-12-10-20(11-13-23)16-24(30)28-17-21-6-8-22(9-7-21)18-29-25(31)27-15-14-19-4-2-1-3-5-19/h1-5,10-13,21-22H,6-9,14-18H2,(H,28,30)(H2,27,29,31). The van der Waals surface area contributed by atoms with Gasteiger partial charge in [-0.05, 0) is 67.2 Å². The molecule has 6 heteroatoms. The van der Waals surface area contributed by atoms with E-state index in [4.69, 9.17) is 11.6 Å². The number of urea groups is 1. The summed E-state index contributed by atoms with van der Waals surface area (Å²) in [7, 11) is 0. The molecule has 2 aromatic rings. The first-order chi connectivity index (χ1) is 15.1. The highest BCUT2D eigenvalue weighted by Gasteiger charge is 2.22. The van der Waals surface area contributed by atoms with Crippen LogP contribution in [-0.2, 0) is 17.6 Å². The van der Waals surface area contributed by atoms with Crippen LogP contribution in [0.4, 0.5) is 4.79 Å². The van der Waals surface area contributed by atoms with Gasteiger partial charge in [-0.2, -0.15) is 0 Å². The maximum atomic E-state index is 12.2. The van der Waals surface area contributed by atoms with Crippen LogP contribution in [0.1, 0.15) is 36.8 Å². The van der Waals surface area contributed by atoms with Crippen LogP contribution in [0.3, 0.4) is 0 Å². The van der Waals surface area contributed by atoms with Crippen LogP contribution in [0.2, 0.25) is 5.02 Å². The van der Waals surface area contributed by atoms with Crippen molar-refractivity contribution in [1.29, 1.82) is 0 Å². The van der Waals surface area contributed by atoms with Gasteiger partial charge in [0.05, 0.1) is 6.42 Å². The molecule has 5 nitrogen and oxygen atoms in total. The number of rotatable bonds is 9. The fourth-order valence-corrected chi connectivity index (χ4v) is 4.14. The van der Waals surface area contributed by atoms with Crippen LogP contribution >= 0.6 is 11.6 Å². The number of halogens is 1. The second-order valence-electron chi connectivity index (χ2n) is 8.37. The second kappa shape index (κ2) is 12.4. The van der Waals surface area contributed by atoms with Gasteiger partial charge in [-0.25, -0.2) is 4.79 Å². The van der Waals surface area contributed by atoms with Crippen molar-refractivity contribution in [2.45, 2.75) is 38.5 Å². The van der Waals surface area contributed by atoms with Gasteiger partial charge in [0.15, 0.2) is 0 Å². The molecular weight excluding hydrogens is 410 g/mol. The number of nitrogens with one attached hydrogen (secondary N) is 3.